The van der Waals surface area contributed by atoms with Gasteiger partial charge < -0.3 is 9.15 Å². The fourth-order valence-electron chi connectivity index (χ4n) is 3.27. The number of hydrogen-bond donors (Lipinski definition) is 0. The molecule has 0 spiro atoms. The zero-order chi connectivity index (χ0) is 17.9. The molecule has 1 aromatic heterocycles. The Kier molecular flexibility index (Phi) is 5.20. The van der Waals surface area contributed by atoms with E-state index in [4.69, 9.17) is 9.15 Å². The molecule has 134 valence electrons. The monoisotopic (exact) mass is 412 g/mol. The van der Waals surface area contributed by atoms with E-state index in [2.05, 4.69) is 57.0 Å². The molecular formula is C21H21BrN2O2. The fourth-order valence-corrected chi connectivity index (χ4v) is 3.54. The maximum absolute atomic E-state index is 6.04. The van der Waals surface area contributed by atoms with Crippen LogP contribution in [0.1, 0.15) is 30.5 Å². The molecule has 0 aliphatic carbocycles. The number of oxazole rings is 1. The van der Waals surface area contributed by atoms with Crippen LogP contribution in [0.2, 0.25) is 0 Å². The molecule has 1 aliphatic heterocycles. The van der Waals surface area contributed by atoms with Crippen molar-refractivity contribution in [2.45, 2.75) is 19.1 Å². The smallest absolute Gasteiger partial charge is 0.211 e. The lowest BCUT2D eigenvalue weighted by Gasteiger charge is -2.35. The Bertz CT molecular complexity index is 848. The van der Waals surface area contributed by atoms with E-state index >= 15 is 0 Å². The fraction of sp³-hybridized carbons (Fsp3) is 0.286. The summed E-state index contributed by atoms with van der Waals surface area (Å²) in [6.07, 6.45) is 1.89. The lowest BCUT2D eigenvalue weighted by atomic mass is 10.1. The van der Waals surface area contributed by atoms with Gasteiger partial charge in [0, 0.05) is 23.1 Å². The highest BCUT2D eigenvalue weighted by atomic mass is 79.9. The van der Waals surface area contributed by atoms with E-state index in [-0.39, 0.29) is 12.1 Å². The van der Waals surface area contributed by atoms with Crippen molar-refractivity contribution < 1.29 is 9.15 Å². The van der Waals surface area contributed by atoms with Crippen LogP contribution >= 0.6 is 15.9 Å². The maximum atomic E-state index is 6.04. The Balaban J connectivity index is 1.48. The summed E-state index contributed by atoms with van der Waals surface area (Å²) in [6, 6.07) is 18.5. The number of benzene rings is 2. The van der Waals surface area contributed by atoms with Crippen LogP contribution in [-0.2, 0) is 4.74 Å². The Hall–Kier alpha value is -1.95. The summed E-state index contributed by atoms with van der Waals surface area (Å²) in [4.78, 5) is 6.89. The standard InChI is InChI=1S/C21H21BrN2O2/c1-15(21-23-13-19(26-21)16-5-3-2-4-6-16)24-11-12-25-20(14-24)17-7-9-18(22)10-8-17/h2-10,13,15,20H,11-12,14H2,1H3. The Morgan fingerprint density at radius 2 is 1.88 bits per heavy atom. The van der Waals surface area contributed by atoms with E-state index in [1.54, 1.807) is 0 Å². The second kappa shape index (κ2) is 7.74. The van der Waals surface area contributed by atoms with Crippen molar-refractivity contribution in [1.29, 1.82) is 0 Å². The van der Waals surface area contributed by atoms with Crippen molar-refractivity contribution in [1.82, 2.24) is 9.88 Å². The van der Waals surface area contributed by atoms with Gasteiger partial charge in [0.15, 0.2) is 5.76 Å². The van der Waals surface area contributed by atoms with Crippen molar-refractivity contribution >= 4 is 15.9 Å². The van der Waals surface area contributed by atoms with Gasteiger partial charge in [-0.25, -0.2) is 4.98 Å². The Morgan fingerprint density at radius 3 is 2.65 bits per heavy atom. The van der Waals surface area contributed by atoms with Crippen molar-refractivity contribution in [3.8, 4) is 11.3 Å². The molecule has 1 saturated heterocycles. The van der Waals surface area contributed by atoms with Gasteiger partial charge in [0.25, 0.3) is 0 Å². The van der Waals surface area contributed by atoms with Gasteiger partial charge in [-0.05, 0) is 24.6 Å². The van der Waals surface area contributed by atoms with Gasteiger partial charge in [-0.3, -0.25) is 4.90 Å². The summed E-state index contributed by atoms with van der Waals surface area (Å²) in [5.41, 5.74) is 2.25. The number of halogens is 1. The largest absolute Gasteiger partial charge is 0.439 e. The lowest BCUT2D eigenvalue weighted by molar-refractivity contribution is -0.0463. The molecule has 26 heavy (non-hydrogen) atoms. The quantitative estimate of drug-likeness (QED) is 0.587. The molecule has 1 aliphatic rings. The molecule has 0 bridgehead atoms. The van der Waals surface area contributed by atoms with Crippen LogP contribution in [-0.4, -0.2) is 29.6 Å². The number of ether oxygens (including phenoxy) is 1. The summed E-state index contributed by atoms with van der Waals surface area (Å²) in [5, 5.41) is 0. The first-order valence-electron chi connectivity index (χ1n) is 8.83. The molecule has 2 atom stereocenters. The average Bonchev–Trinajstić information content (AvgIpc) is 3.19. The molecule has 0 N–H and O–H groups in total. The number of morpholine rings is 1. The molecule has 2 unspecified atom stereocenters. The molecule has 4 rings (SSSR count). The van der Waals surface area contributed by atoms with Crippen molar-refractivity contribution in [2.24, 2.45) is 0 Å². The third-order valence-electron chi connectivity index (χ3n) is 4.83. The maximum Gasteiger partial charge on any atom is 0.211 e. The summed E-state index contributed by atoms with van der Waals surface area (Å²) in [7, 11) is 0. The number of aromatic nitrogens is 1. The molecule has 5 heteroatoms. The predicted molar refractivity (Wildman–Crippen MR) is 105 cm³/mol. The average molecular weight is 413 g/mol. The zero-order valence-electron chi connectivity index (χ0n) is 14.6. The molecule has 0 amide bonds. The first-order valence-corrected chi connectivity index (χ1v) is 9.62. The number of nitrogens with zero attached hydrogens (tertiary/aromatic N) is 2. The highest BCUT2D eigenvalue weighted by molar-refractivity contribution is 9.10. The molecule has 2 heterocycles. The second-order valence-corrected chi connectivity index (χ2v) is 7.43. The van der Waals surface area contributed by atoms with Crippen LogP contribution in [0.3, 0.4) is 0 Å². The van der Waals surface area contributed by atoms with Gasteiger partial charge in [0.05, 0.1) is 24.9 Å². The summed E-state index contributed by atoms with van der Waals surface area (Å²) >= 11 is 3.48. The highest BCUT2D eigenvalue weighted by Crippen LogP contribution is 2.30. The molecule has 1 fully saturated rings. The van der Waals surface area contributed by atoms with Crippen molar-refractivity contribution in [3.63, 3.8) is 0 Å². The highest BCUT2D eigenvalue weighted by Gasteiger charge is 2.28. The third kappa shape index (κ3) is 3.75. The number of rotatable bonds is 4. The van der Waals surface area contributed by atoms with Crippen LogP contribution in [0, 0.1) is 0 Å². The lowest BCUT2D eigenvalue weighted by Crippen LogP contribution is -2.39. The minimum absolute atomic E-state index is 0.0721. The van der Waals surface area contributed by atoms with Crippen LogP contribution in [0.4, 0.5) is 0 Å². The molecular weight excluding hydrogens is 392 g/mol. The minimum Gasteiger partial charge on any atom is -0.439 e. The van der Waals surface area contributed by atoms with E-state index in [1.807, 2.05) is 36.5 Å². The van der Waals surface area contributed by atoms with E-state index in [1.165, 1.54) is 5.56 Å². The summed E-state index contributed by atoms with van der Waals surface area (Å²) in [6.45, 7) is 4.55. The molecule has 2 aromatic carbocycles. The van der Waals surface area contributed by atoms with Gasteiger partial charge >= 0.3 is 0 Å². The zero-order valence-corrected chi connectivity index (χ0v) is 16.2. The summed E-state index contributed by atoms with van der Waals surface area (Å²) < 4.78 is 13.1. The normalized spacial score (nSPS) is 19.4. The van der Waals surface area contributed by atoms with Gasteiger partial charge in [-0.2, -0.15) is 0 Å². The van der Waals surface area contributed by atoms with Crippen LogP contribution < -0.4 is 0 Å². The molecule has 0 saturated carbocycles. The topological polar surface area (TPSA) is 38.5 Å². The predicted octanol–water partition coefficient (Wildman–Crippen LogP) is 5.24. The van der Waals surface area contributed by atoms with Crippen LogP contribution in [0.5, 0.6) is 0 Å². The van der Waals surface area contributed by atoms with E-state index in [0.717, 1.165) is 34.8 Å². The van der Waals surface area contributed by atoms with Crippen LogP contribution in [0.15, 0.2) is 69.7 Å². The molecule has 0 radical (unpaired) electrons. The summed E-state index contributed by atoms with van der Waals surface area (Å²) in [5.74, 6) is 1.56. The number of hydrogen-bond acceptors (Lipinski definition) is 4. The van der Waals surface area contributed by atoms with Gasteiger partial charge in [-0.15, -0.1) is 0 Å². The van der Waals surface area contributed by atoms with E-state index in [9.17, 15) is 0 Å². The Labute approximate surface area is 161 Å². The van der Waals surface area contributed by atoms with Gasteiger partial charge in [0.1, 0.15) is 0 Å². The molecule has 4 nitrogen and oxygen atoms in total. The Morgan fingerprint density at radius 1 is 1.12 bits per heavy atom. The van der Waals surface area contributed by atoms with Gasteiger partial charge in [0.2, 0.25) is 5.89 Å². The first-order chi connectivity index (χ1) is 12.7. The minimum atomic E-state index is 0.0721. The second-order valence-electron chi connectivity index (χ2n) is 6.51. The molecule has 3 aromatic rings. The van der Waals surface area contributed by atoms with Crippen LogP contribution in [0.25, 0.3) is 11.3 Å². The van der Waals surface area contributed by atoms with Crippen molar-refractivity contribution in [3.05, 3.63) is 76.7 Å². The van der Waals surface area contributed by atoms with E-state index < -0.39 is 0 Å². The third-order valence-corrected chi connectivity index (χ3v) is 5.36. The van der Waals surface area contributed by atoms with E-state index in [0.29, 0.717) is 6.61 Å². The van der Waals surface area contributed by atoms with Crippen molar-refractivity contribution in [2.75, 3.05) is 19.7 Å². The SMILES string of the molecule is CC(c1ncc(-c2ccccc2)o1)N1CCOC(c2ccc(Br)cc2)C1. The van der Waals surface area contributed by atoms with Gasteiger partial charge in [-0.1, -0.05) is 58.4 Å². The first kappa shape index (κ1) is 17.5.